The fourth-order valence-electron chi connectivity index (χ4n) is 4.36. The molecule has 0 aromatic heterocycles. The molecule has 4 atom stereocenters. The number of allylic oxidation sites excluding steroid dienone is 2. The van der Waals surface area contributed by atoms with Crippen LogP contribution in [0.3, 0.4) is 0 Å². The van der Waals surface area contributed by atoms with Gasteiger partial charge in [0.2, 0.25) is 5.91 Å². The normalized spacial score (nSPS) is 27.6. The average Bonchev–Trinajstić information content (AvgIpc) is 3.25. The number of amides is 1. The fraction of sp³-hybridized carbons (Fsp3) is 0.864. The molecule has 27 heavy (non-hydrogen) atoms. The molecule has 4 nitrogen and oxygen atoms in total. The molecule has 0 spiro atoms. The van der Waals surface area contributed by atoms with Gasteiger partial charge in [-0.1, -0.05) is 52.2 Å². The largest absolute Gasteiger partial charge is 0.374 e. The third-order valence-electron chi connectivity index (χ3n) is 6.27. The van der Waals surface area contributed by atoms with Crippen molar-refractivity contribution in [1.82, 2.24) is 5.48 Å². The lowest BCUT2D eigenvalue weighted by Gasteiger charge is -2.27. The first-order valence-corrected chi connectivity index (χ1v) is 12.0. The Balaban J connectivity index is 1.71. The predicted octanol–water partition coefficient (Wildman–Crippen LogP) is 5.35. The second-order valence-corrected chi connectivity index (χ2v) is 9.97. The minimum atomic E-state index is -0.536. The number of rotatable bonds is 13. The minimum Gasteiger partial charge on any atom is -0.374 e. The van der Waals surface area contributed by atoms with E-state index in [0.717, 1.165) is 19.3 Å². The van der Waals surface area contributed by atoms with Crippen LogP contribution in [0.5, 0.6) is 0 Å². The van der Waals surface area contributed by atoms with Gasteiger partial charge < -0.3 is 4.74 Å². The van der Waals surface area contributed by atoms with Crippen LogP contribution in [-0.4, -0.2) is 34.8 Å². The van der Waals surface area contributed by atoms with Gasteiger partial charge >= 0.3 is 0 Å². The standard InChI is InChI=1S/C22H39NO3S/c1-4-5-6-10-15-27-16-18-17(19-12-13-20(18)26-19)11-8-7-9-14-22(2,3)21(24)23-25/h7-8,17-20,25H,4-6,9-16H2,1-3H3,(H,23,24)/b8-7-/t17-,18+,19-,20+/m0/s1. The number of ether oxygens (including phenoxy) is 1. The summed E-state index contributed by atoms with van der Waals surface area (Å²) in [6, 6.07) is 0. The zero-order valence-corrected chi connectivity index (χ0v) is 18.2. The molecule has 2 fully saturated rings. The van der Waals surface area contributed by atoms with Gasteiger partial charge in [-0.05, 0) is 61.9 Å². The Bertz CT molecular complexity index is 480. The van der Waals surface area contributed by atoms with E-state index in [1.807, 2.05) is 13.8 Å². The van der Waals surface area contributed by atoms with Gasteiger partial charge in [0.15, 0.2) is 0 Å². The van der Waals surface area contributed by atoms with Gasteiger partial charge in [-0.3, -0.25) is 10.0 Å². The summed E-state index contributed by atoms with van der Waals surface area (Å²) < 4.78 is 6.22. The molecule has 0 radical (unpaired) electrons. The molecular formula is C22H39NO3S. The second-order valence-electron chi connectivity index (χ2n) is 8.82. The Morgan fingerprint density at radius 2 is 1.93 bits per heavy atom. The summed E-state index contributed by atoms with van der Waals surface area (Å²) in [5.41, 5.74) is 1.23. The molecule has 2 rings (SSSR count). The van der Waals surface area contributed by atoms with Crippen molar-refractivity contribution in [3.63, 3.8) is 0 Å². The van der Waals surface area contributed by atoms with Gasteiger partial charge in [0, 0.05) is 5.41 Å². The second kappa shape index (κ2) is 11.5. The van der Waals surface area contributed by atoms with E-state index in [9.17, 15) is 4.79 Å². The molecule has 5 heteroatoms. The van der Waals surface area contributed by atoms with E-state index in [1.165, 1.54) is 50.0 Å². The Morgan fingerprint density at radius 3 is 2.63 bits per heavy atom. The van der Waals surface area contributed by atoms with Crippen molar-refractivity contribution in [3.8, 4) is 0 Å². The van der Waals surface area contributed by atoms with Crippen LogP contribution in [0, 0.1) is 17.3 Å². The smallest absolute Gasteiger partial charge is 0.248 e. The van der Waals surface area contributed by atoms with Crippen LogP contribution in [0.15, 0.2) is 12.2 Å². The molecule has 0 aromatic rings. The number of fused-ring (bicyclic) bond motifs is 2. The van der Waals surface area contributed by atoms with Crippen molar-refractivity contribution in [2.24, 2.45) is 17.3 Å². The Kier molecular flexibility index (Phi) is 9.67. The lowest BCUT2D eigenvalue weighted by molar-refractivity contribution is -0.138. The Morgan fingerprint density at radius 1 is 1.19 bits per heavy atom. The summed E-state index contributed by atoms with van der Waals surface area (Å²) in [5, 5.41) is 8.80. The van der Waals surface area contributed by atoms with E-state index in [1.54, 1.807) is 5.48 Å². The summed E-state index contributed by atoms with van der Waals surface area (Å²) in [6.07, 6.45) is 16.0. The number of nitrogens with one attached hydrogen (secondary N) is 1. The van der Waals surface area contributed by atoms with Crippen molar-refractivity contribution in [3.05, 3.63) is 12.2 Å². The van der Waals surface area contributed by atoms with Gasteiger partial charge in [0.05, 0.1) is 12.2 Å². The highest BCUT2D eigenvalue weighted by Gasteiger charge is 2.47. The third-order valence-corrected chi connectivity index (χ3v) is 7.47. The topological polar surface area (TPSA) is 58.6 Å². The quantitative estimate of drug-likeness (QED) is 0.190. The Hall–Kier alpha value is -0.520. The maximum absolute atomic E-state index is 11.6. The van der Waals surface area contributed by atoms with Gasteiger partial charge in [0.25, 0.3) is 0 Å². The molecule has 2 heterocycles. The van der Waals surface area contributed by atoms with Crippen molar-refractivity contribution in [2.75, 3.05) is 11.5 Å². The summed E-state index contributed by atoms with van der Waals surface area (Å²) in [6.45, 7) is 5.99. The number of hydrogen-bond acceptors (Lipinski definition) is 4. The van der Waals surface area contributed by atoms with Crippen molar-refractivity contribution >= 4 is 17.7 Å². The average molecular weight is 398 g/mol. The van der Waals surface area contributed by atoms with Gasteiger partial charge in [-0.15, -0.1) is 0 Å². The SMILES string of the molecule is CCCCCCSC[C@@H]1[C@H](C/C=C\CCC(C)(C)C(=O)NO)[C@@H]2CC[C@H]1O2. The lowest BCUT2D eigenvalue weighted by atomic mass is 9.78. The van der Waals surface area contributed by atoms with E-state index in [4.69, 9.17) is 9.94 Å². The van der Waals surface area contributed by atoms with Crippen molar-refractivity contribution in [1.29, 1.82) is 0 Å². The molecule has 0 aromatic carbocycles. The van der Waals surface area contributed by atoms with E-state index in [0.29, 0.717) is 24.0 Å². The van der Waals surface area contributed by atoms with Gasteiger partial charge in [-0.25, -0.2) is 5.48 Å². The zero-order valence-electron chi connectivity index (χ0n) is 17.4. The van der Waals surface area contributed by atoms with E-state index >= 15 is 0 Å². The Labute approximate surface area is 169 Å². The monoisotopic (exact) mass is 397 g/mol. The molecule has 1 amide bonds. The first-order valence-electron chi connectivity index (χ1n) is 10.8. The van der Waals surface area contributed by atoms with E-state index in [2.05, 4.69) is 30.8 Å². The molecule has 156 valence electrons. The van der Waals surface area contributed by atoms with Crippen molar-refractivity contribution < 1.29 is 14.7 Å². The lowest BCUT2D eigenvalue weighted by Crippen LogP contribution is -2.34. The predicted molar refractivity (Wildman–Crippen MR) is 113 cm³/mol. The van der Waals surface area contributed by atoms with Crippen LogP contribution >= 0.6 is 11.8 Å². The fourth-order valence-corrected chi connectivity index (χ4v) is 5.67. The minimum absolute atomic E-state index is 0.312. The molecule has 0 aliphatic carbocycles. The summed E-state index contributed by atoms with van der Waals surface area (Å²) in [7, 11) is 0. The number of carbonyl (C=O) groups excluding carboxylic acids is 1. The van der Waals surface area contributed by atoms with Crippen LogP contribution in [-0.2, 0) is 9.53 Å². The maximum Gasteiger partial charge on any atom is 0.248 e. The number of hydrogen-bond donors (Lipinski definition) is 2. The molecule has 2 bridgehead atoms. The van der Waals surface area contributed by atoms with E-state index in [-0.39, 0.29) is 5.91 Å². The molecular weight excluding hydrogens is 358 g/mol. The summed E-state index contributed by atoms with van der Waals surface area (Å²) in [5.74, 6) is 3.60. The van der Waals surface area contributed by atoms with Crippen molar-refractivity contribution in [2.45, 2.75) is 90.8 Å². The number of carbonyl (C=O) groups is 1. The molecule has 2 aliphatic rings. The summed E-state index contributed by atoms with van der Waals surface area (Å²) >= 11 is 2.12. The van der Waals surface area contributed by atoms with Gasteiger partial charge in [0.1, 0.15) is 0 Å². The number of hydroxylamine groups is 1. The molecule has 2 saturated heterocycles. The van der Waals surface area contributed by atoms with Crippen LogP contribution in [0.1, 0.15) is 78.6 Å². The third kappa shape index (κ3) is 6.79. The highest BCUT2D eigenvalue weighted by Crippen LogP contribution is 2.46. The van der Waals surface area contributed by atoms with Crippen LogP contribution in [0.2, 0.25) is 0 Å². The first-order chi connectivity index (χ1) is 13.0. The number of unbranched alkanes of at least 4 members (excludes halogenated alkanes) is 3. The molecule has 0 unspecified atom stereocenters. The van der Waals surface area contributed by atoms with E-state index < -0.39 is 5.41 Å². The maximum atomic E-state index is 11.6. The highest BCUT2D eigenvalue weighted by molar-refractivity contribution is 7.99. The van der Waals surface area contributed by atoms with Gasteiger partial charge in [-0.2, -0.15) is 11.8 Å². The molecule has 0 saturated carbocycles. The molecule has 2 N–H and O–H groups in total. The summed E-state index contributed by atoms with van der Waals surface area (Å²) in [4.78, 5) is 11.6. The van der Waals surface area contributed by atoms with Crippen LogP contribution < -0.4 is 5.48 Å². The molecule has 2 aliphatic heterocycles. The number of thioether (sulfide) groups is 1. The van der Waals surface area contributed by atoms with Crippen LogP contribution in [0.25, 0.3) is 0 Å². The first kappa shape index (κ1) is 22.8. The highest BCUT2D eigenvalue weighted by atomic mass is 32.2. The zero-order chi connectivity index (χ0) is 19.7. The van der Waals surface area contributed by atoms with Crippen LogP contribution in [0.4, 0.5) is 0 Å².